The van der Waals surface area contributed by atoms with Crippen molar-refractivity contribution in [1.82, 2.24) is 25.3 Å². The molecular weight excluding hydrogens is 238 g/mol. The van der Waals surface area contributed by atoms with Crippen molar-refractivity contribution in [3.63, 3.8) is 0 Å². The van der Waals surface area contributed by atoms with Crippen LogP contribution in [-0.4, -0.2) is 44.9 Å². The van der Waals surface area contributed by atoms with Crippen LogP contribution in [-0.2, 0) is 5.41 Å². The fourth-order valence-corrected chi connectivity index (χ4v) is 3.49. The standard InChI is InChI=1S/C14H17N5/c1-4-14(5-7-19(6-1)10-14)13-3-2-12(17-18-13)11-8-15-16-9-11/h2-3,8-9H,1,4-7,10H2,(H,15,16). The Hall–Kier alpha value is -1.75. The van der Waals surface area contributed by atoms with E-state index in [2.05, 4.69) is 37.4 Å². The zero-order valence-corrected chi connectivity index (χ0v) is 10.8. The fraction of sp³-hybridized carbons (Fsp3) is 0.500. The van der Waals surface area contributed by atoms with Crippen LogP contribution in [0.25, 0.3) is 11.3 Å². The predicted octanol–water partition coefficient (Wildman–Crippen LogP) is 1.60. The molecule has 0 spiro atoms. The Labute approximate surface area is 112 Å². The number of piperidine rings is 1. The van der Waals surface area contributed by atoms with Crippen LogP contribution in [0.1, 0.15) is 25.0 Å². The highest BCUT2D eigenvalue weighted by Crippen LogP contribution is 2.41. The number of fused-ring (bicyclic) bond motifs is 2. The average Bonchev–Trinajstić information content (AvgIpc) is 3.09. The van der Waals surface area contributed by atoms with Crippen molar-refractivity contribution < 1.29 is 0 Å². The summed E-state index contributed by atoms with van der Waals surface area (Å²) in [4.78, 5) is 2.55. The lowest BCUT2D eigenvalue weighted by Crippen LogP contribution is -2.37. The Morgan fingerprint density at radius 1 is 1.16 bits per heavy atom. The lowest BCUT2D eigenvalue weighted by Gasteiger charge is -2.33. The number of H-pyrrole nitrogens is 1. The van der Waals surface area contributed by atoms with Gasteiger partial charge in [-0.15, -0.1) is 0 Å². The molecule has 2 unspecified atom stereocenters. The molecule has 0 amide bonds. The monoisotopic (exact) mass is 255 g/mol. The maximum absolute atomic E-state index is 4.51. The molecular formula is C14H17N5. The van der Waals surface area contributed by atoms with Gasteiger partial charge >= 0.3 is 0 Å². The number of nitrogens with zero attached hydrogens (tertiary/aromatic N) is 4. The summed E-state index contributed by atoms with van der Waals surface area (Å²) >= 11 is 0. The summed E-state index contributed by atoms with van der Waals surface area (Å²) in [6.45, 7) is 3.63. The zero-order chi connectivity index (χ0) is 12.7. The van der Waals surface area contributed by atoms with E-state index in [1.165, 1.54) is 38.0 Å². The summed E-state index contributed by atoms with van der Waals surface area (Å²) in [5.41, 5.74) is 3.31. The van der Waals surface area contributed by atoms with Crippen LogP contribution in [0.5, 0.6) is 0 Å². The van der Waals surface area contributed by atoms with Crippen molar-refractivity contribution >= 4 is 0 Å². The van der Waals surface area contributed by atoms with E-state index in [-0.39, 0.29) is 5.41 Å². The summed E-state index contributed by atoms with van der Waals surface area (Å²) in [6, 6.07) is 4.23. The minimum absolute atomic E-state index is 0.264. The van der Waals surface area contributed by atoms with Crippen molar-refractivity contribution in [2.45, 2.75) is 24.7 Å². The summed E-state index contributed by atoms with van der Waals surface area (Å²) in [6.07, 6.45) is 7.39. The molecule has 2 aliphatic rings. The van der Waals surface area contributed by atoms with Crippen LogP contribution in [0.3, 0.4) is 0 Å². The maximum atomic E-state index is 4.51. The fourth-order valence-electron chi connectivity index (χ4n) is 3.49. The molecule has 0 aromatic carbocycles. The van der Waals surface area contributed by atoms with Crippen molar-refractivity contribution in [3.8, 4) is 11.3 Å². The maximum Gasteiger partial charge on any atom is 0.0961 e. The molecule has 2 aromatic heterocycles. The van der Waals surface area contributed by atoms with Crippen LogP contribution in [0.15, 0.2) is 24.5 Å². The number of rotatable bonds is 2. The third-order valence-corrected chi connectivity index (χ3v) is 4.56. The largest absolute Gasteiger partial charge is 0.302 e. The first kappa shape index (κ1) is 11.1. The smallest absolute Gasteiger partial charge is 0.0961 e. The number of aromatic amines is 1. The average molecular weight is 255 g/mol. The van der Waals surface area contributed by atoms with Gasteiger partial charge in [-0.1, -0.05) is 0 Å². The minimum Gasteiger partial charge on any atom is -0.302 e. The molecule has 1 N–H and O–H groups in total. The lowest BCUT2D eigenvalue weighted by atomic mass is 9.78. The van der Waals surface area contributed by atoms with E-state index in [0.717, 1.165) is 17.8 Å². The summed E-state index contributed by atoms with van der Waals surface area (Å²) in [5, 5.41) is 15.6. The SMILES string of the molecule is c1n[nH]cc1-c1ccc(C23CCCN(CC2)C3)nn1. The highest BCUT2D eigenvalue weighted by Gasteiger charge is 2.43. The van der Waals surface area contributed by atoms with Gasteiger partial charge in [0.1, 0.15) is 0 Å². The molecule has 5 heteroatoms. The van der Waals surface area contributed by atoms with E-state index in [4.69, 9.17) is 0 Å². The first-order valence-electron chi connectivity index (χ1n) is 6.92. The highest BCUT2D eigenvalue weighted by molar-refractivity contribution is 5.55. The quantitative estimate of drug-likeness (QED) is 0.885. The van der Waals surface area contributed by atoms with Gasteiger partial charge in [-0.25, -0.2) is 0 Å². The van der Waals surface area contributed by atoms with Gasteiger partial charge in [0.15, 0.2) is 0 Å². The Morgan fingerprint density at radius 2 is 2.16 bits per heavy atom. The Bertz CT molecular complexity index is 558. The van der Waals surface area contributed by atoms with Crippen LogP contribution in [0, 0.1) is 0 Å². The number of aromatic nitrogens is 4. The molecule has 2 bridgehead atoms. The first-order chi connectivity index (χ1) is 9.36. The molecule has 5 nitrogen and oxygen atoms in total. The molecule has 2 fully saturated rings. The molecule has 4 rings (SSSR count). The van der Waals surface area contributed by atoms with Gasteiger partial charge in [0.25, 0.3) is 0 Å². The van der Waals surface area contributed by atoms with Crippen molar-refractivity contribution in [3.05, 3.63) is 30.2 Å². The number of hydrogen-bond donors (Lipinski definition) is 1. The van der Waals surface area contributed by atoms with Gasteiger partial charge < -0.3 is 4.90 Å². The zero-order valence-electron chi connectivity index (χ0n) is 10.8. The van der Waals surface area contributed by atoms with Crippen LogP contribution < -0.4 is 0 Å². The normalized spacial score (nSPS) is 29.6. The van der Waals surface area contributed by atoms with Gasteiger partial charge in [0, 0.05) is 23.7 Å². The van der Waals surface area contributed by atoms with E-state index >= 15 is 0 Å². The van der Waals surface area contributed by atoms with Crippen molar-refractivity contribution in [1.29, 1.82) is 0 Å². The van der Waals surface area contributed by atoms with Crippen LogP contribution >= 0.6 is 0 Å². The second kappa shape index (κ2) is 4.13. The third kappa shape index (κ3) is 1.76. The summed E-state index contributed by atoms with van der Waals surface area (Å²) in [5.74, 6) is 0. The van der Waals surface area contributed by atoms with Crippen LogP contribution in [0.2, 0.25) is 0 Å². The molecule has 2 atom stereocenters. The number of hydrogen-bond acceptors (Lipinski definition) is 4. The van der Waals surface area contributed by atoms with Gasteiger partial charge in [-0.05, 0) is 44.5 Å². The van der Waals surface area contributed by atoms with E-state index < -0.39 is 0 Å². The first-order valence-corrected chi connectivity index (χ1v) is 6.92. The summed E-state index contributed by atoms with van der Waals surface area (Å²) in [7, 11) is 0. The van der Waals surface area contributed by atoms with Crippen LogP contribution in [0.4, 0.5) is 0 Å². The molecule has 2 aliphatic heterocycles. The van der Waals surface area contributed by atoms with E-state index in [1.807, 2.05) is 6.20 Å². The second-order valence-electron chi connectivity index (χ2n) is 5.70. The highest BCUT2D eigenvalue weighted by atomic mass is 15.2. The van der Waals surface area contributed by atoms with E-state index in [9.17, 15) is 0 Å². The Balaban J connectivity index is 1.66. The predicted molar refractivity (Wildman–Crippen MR) is 71.6 cm³/mol. The van der Waals surface area contributed by atoms with Gasteiger partial charge in [-0.3, -0.25) is 5.10 Å². The van der Waals surface area contributed by atoms with Gasteiger partial charge in [0.2, 0.25) is 0 Å². The van der Waals surface area contributed by atoms with E-state index in [0.29, 0.717) is 0 Å². The van der Waals surface area contributed by atoms with Crippen molar-refractivity contribution in [2.24, 2.45) is 0 Å². The molecule has 0 saturated carbocycles. The molecule has 98 valence electrons. The molecule has 2 aromatic rings. The Kier molecular flexibility index (Phi) is 2.41. The van der Waals surface area contributed by atoms with Crippen molar-refractivity contribution in [2.75, 3.05) is 19.6 Å². The molecule has 4 heterocycles. The van der Waals surface area contributed by atoms with E-state index in [1.54, 1.807) is 6.20 Å². The summed E-state index contributed by atoms with van der Waals surface area (Å²) < 4.78 is 0. The van der Waals surface area contributed by atoms with Gasteiger partial charge in [-0.2, -0.15) is 15.3 Å². The topological polar surface area (TPSA) is 57.7 Å². The minimum atomic E-state index is 0.264. The molecule has 0 radical (unpaired) electrons. The van der Waals surface area contributed by atoms with Gasteiger partial charge in [0.05, 0.1) is 17.6 Å². The second-order valence-corrected chi connectivity index (χ2v) is 5.70. The molecule has 19 heavy (non-hydrogen) atoms. The lowest BCUT2D eigenvalue weighted by molar-refractivity contribution is 0.239. The third-order valence-electron chi connectivity index (χ3n) is 4.56. The Morgan fingerprint density at radius 3 is 2.95 bits per heavy atom. The molecule has 2 saturated heterocycles. The number of nitrogens with one attached hydrogen (secondary N) is 1. The molecule has 0 aliphatic carbocycles.